The van der Waals surface area contributed by atoms with Crippen LogP contribution in [0, 0.1) is 5.92 Å². The Morgan fingerprint density at radius 2 is 1.85 bits per heavy atom. The van der Waals surface area contributed by atoms with Crippen LogP contribution in [0.4, 0.5) is 11.4 Å². The van der Waals surface area contributed by atoms with Crippen LogP contribution in [-0.4, -0.2) is 39.9 Å². The van der Waals surface area contributed by atoms with E-state index in [-0.39, 0.29) is 4.90 Å². The molecule has 1 heterocycles. The summed E-state index contributed by atoms with van der Waals surface area (Å²) in [4.78, 5) is 2.38. The number of rotatable bonds is 3. The van der Waals surface area contributed by atoms with E-state index in [4.69, 9.17) is 5.73 Å². The third kappa shape index (κ3) is 2.76. The van der Waals surface area contributed by atoms with Crippen molar-refractivity contribution in [2.24, 2.45) is 5.92 Å². The molecule has 20 heavy (non-hydrogen) atoms. The summed E-state index contributed by atoms with van der Waals surface area (Å²) in [5.41, 5.74) is 7.32. The number of nitrogens with zero attached hydrogens (tertiary/aromatic N) is 2. The van der Waals surface area contributed by atoms with Crippen LogP contribution in [0.15, 0.2) is 23.1 Å². The van der Waals surface area contributed by atoms with Crippen molar-refractivity contribution in [1.82, 2.24) is 4.31 Å². The average Bonchev–Trinajstić information content (AvgIpc) is 2.40. The summed E-state index contributed by atoms with van der Waals surface area (Å²) in [6, 6.07) is 5.24. The topological polar surface area (TPSA) is 66.6 Å². The summed E-state index contributed by atoms with van der Waals surface area (Å²) >= 11 is 0. The van der Waals surface area contributed by atoms with Crippen molar-refractivity contribution in [3.8, 4) is 0 Å². The predicted octanol–water partition coefficient (Wildman–Crippen LogP) is 1.76. The zero-order valence-electron chi connectivity index (χ0n) is 12.3. The highest BCUT2D eigenvalue weighted by Gasteiger charge is 2.24. The Morgan fingerprint density at radius 1 is 1.25 bits per heavy atom. The van der Waals surface area contributed by atoms with E-state index in [2.05, 4.69) is 11.8 Å². The van der Waals surface area contributed by atoms with Crippen molar-refractivity contribution < 1.29 is 8.42 Å². The van der Waals surface area contributed by atoms with Gasteiger partial charge >= 0.3 is 0 Å². The van der Waals surface area contributed by atoms with Crippen molar-refractivity contribution in [1.29, 1.82) is 0 Å². The van der Waals surface area contributed by atoms with Crippen LogP contribution in [0.3, 0.4) is 0 Å². The normalized spacial score (nSPS) is 17.7. The molecule has 0 bridgehead atoms. The van der Waals surface area contributed by atoms with Crippen LogP contribution in [0.1, 0.15) is 19.8 Å². The minimum Gasteiger partial charge on any atom is -0.396 e. The molecule has 0 radical (unpaired) electrons. The van der Waals surface area contributed by atoms with Crippen molar-refractivity contribution in [2.45, 2.75) is 24.7 Å². The van der Waals surface area contributed by atoms with Crippen molar-refractivity contribution in [3.05, 3.63) is 18.2 Å². The number of benzene rings is 1. The largest absolute Gasteiger partial charge is 0.396 e. The number of hydrogen-bond donors (Lipinski definition) is 1. The molecule has 0 saturated carbocycles. The molecule has 1 fully saturated rings. The smallest absolute Gasteiger partial charge is 0.244 e. The van der Waals surface area contributed by atoms with Gasteiger partial charge in [0.1, 0.15) is 4.90 Å². The molecular formula is C14H23N3O2S. The molecule has 0 aromatic heterocycles. The third-order valence-electron chi connectivity index (χ3n) is 3.93. The Balaban J connectivity index is 2.38. The second kappa shape index (κ2) is 5.61. The first-order valence-electron chi connectivity index (χ1n) is 6.90. The Kier molecular flexibility index (Phi) is 4.25. The molecule has 0 atom stereocenters. The van der Waals surface area contributed by atoms with Gasteiger partial charge in [-0.3, -0.25) is 0 Å². The zero-order valence-corrected chi connectivity index (χ0v) is 13.2. The molecule has 0 aliphatic carbocycles. The molecule has 1 saturated heterocycles. The number of hydrogen-bond acceptors (Lipinski definition) is 4. The average molecular weight is 297 g/mol. The van der Waals surface area contributed by atoms with Crippen LogP contribution in [-0.2, 0) is 10.0 Å². The molecule has 2 rings (SSSR count). The Hall–Kier alpha value is -1.27. The maximum absolute atomic E-state index is 12.3. The molecule has 0 unspecified atom stereocenters. The second-order valence-electron chi connectivity index (χ2n) is 5.65. The first-order chi connectivity index (χ1) is 9.34. The molecule has 0 spiro atoms. The molecule has 6 heteroatoms. The lowest BCUT2D eigenvalue weighted by atomic mass is 9.98. The highest BCUT2D eigenvalue weighted by atomic mass is 32.2. The number of piperidine rings is 1. The first kappa shape index (κ1) is 15.1. The Morgan fingerprint density at radius 3 is 2.40 bits per heavy atom. The third-order valence-corrected chi connectivity index (χ3v) is 5.80. The van der Waals surface area contributed by atoms with Crippen LogP contribution in [0.25, 0.3) is 0 Å². The van der Waals surface area contributed by atoms with Gasteiger partial charge in [0.05, 0.1) is 11.4 Å². The number of nitrogen functional groups attached to an aromatic ring is 1. The molecule has 1 aliphatic heterocycles. The quantitative estimate of drug-likeness (QED) is 0.863. The molecule has 5 nitrogen and oxygen atoms in total. The Labute approximate surface area is 121 Å². The summed E-state index contributed by atoms with van der Waals surface area (Å²) < 4.78 is 25.7. The van der Waals surface area contributed by atoms with Crippen LogP contribution in [0.5, 0.6) is 0 Å². The lowest BCUT2D eigenvalue weighted by Gasteiger charge is -2.33. The standard InChI is InChI=1S/C14H23N3O2S/c1-11-7-9-17(10-8-11)12-5-4-6-13(14(12)15)20(18,19)16(2)3/h4-6,11H,7-10,15H2,1-3H3. The van der Waals surface area contributed by atoms with Gasteiger partial charge in [-0.25, -0.2) is 12.7 Å². The van der Waals surface area contributed by atoms with Gasteiger partial charge in [0, 0.05) is 27.2 Å². The van der Waals surface area contributed by atoms with E-state index in [9.17, 15) is 8.42 Å². The lowest BCUT2D eigenvalue weighted by molar-refractivity contribution is 0.438. The number of sulfonamides is 1. The fraction of sp³-hybridized carbons (Fsp3) is 0.571. The van der Waals surface area contributed by atoms with E-state index in [0.29, 0.717) is 5.69 Å². The highest BCUT2D eigenvalue weighted by Crippen LogP contribution is 2.33. The SMILES string of the molecule is CC1CCN(c2cccc(S(=O)(=O)N(C)C)c2N)CC1. The summed E-state index contributed by atoms with van der Waals surface area (Å²) in [6.07, 6.45) is 2.23. The lowest BCUT2D eigenvalue weighted by Crippen LogP contribution is -2.33. The number of nitrogens with two attached hydrogens (primary N) is 1. The first-order valence-corrected chi connectivity index (χ1v) is 8.34. The summed E-state index contributed by atoms with van der Waals surface area (Å²) in [5, 5.41) is 0. The van der Waals surface area contributed by atoms with Crippen molar-refractivity contribution in [3.63, 3.8) is 0 Å². The Bertz CT molecular complexity index is 576. The molecule has 1 aromatic rings. The van der Waals surface area contributed by atoms with E-state index in [0.717, 1.165) is 37.5 Å². The molecule has 1 aromatic carbocycles. The van der Waals surface area contributed by atoms with Crippen molar-refractivity contribution >= 4 is 21.4 Å². The minimum absolute atomic E-state index is 0.193. The van der Waals surface area contributed by atoms with Gasteiger partial charge in [0.2, 0.25) is 10.0 Å². The molecule has 2 N–H and O–H groups in total. The van der Waals surface area contributed by atoms with E-state index in [1.807, 2.05) is 6.07 Å². The van der Waals surface area contributed by atoms with Gasteiger partial charge in [0.15, 0.2) is 0 Å². The summed E-state index contributed by atoms with van der Waals surface area (Å²) in [7, 11) is -0.462. The number of anilines is 2. The predicted molar refractivity (Wildman–Crippen MR) is 82.3 cm³/mol. The van der Waals surface area contributed by atoms with E-state index in [1.54, 1.807) is 12.1 Å². The number of para-hydroxylation sites is 1. The van der Waals surface area contributed by atoms with Crippen LogP contribution in [0.2, 0.25) is 0 Å². The molecular weight excluding hydrogens is 274 g/mol. The molecule has 0 amide bonds. The van der Waals surface area contributed by atoms with E-state index >= 15 is 0 Å². The van der Waals surface area contributed by atoms with E-state index < -0.39 is 10.0 Å². The second-order valence-corrected chi connectivity index (χ2v) is 7.77. The van der Waals surface area contributed by atoms with Crippen LogP contribution < -0.4 is 10.6 Å². The monoisotopic (exact) mass is 297 g/mol. The maximum Gasteiger partial charge on any atom is 0.244 e. The van der Waals surface area contributed by atoms with Gasteiger partial charge in [0.25, 0.3) is 0 Å². The van der Waals surface area contributed by atoms with Crippen molar-refractivity contribution in [2.75, 3.05) is 37.8 Å². The summed E-state index contributed by atoms with van der Waals surface area (Å²) in [6.45, 7) is 4.10. The summed E-state index contributed by atoms with van der Waals surface area (Å²) in [5.74, 6) is 0.723. The van der Waals surface area contributed by atoms with Gasteiger partial charge in [-0.2, -0.15) is 0 Å². The van der Waals surface area contributed by atoms with Gasteiger partial charge in [-0.1, -0.05) is 13.0 Å². The molecule has 112 valence electrons. The van der Waals surface area contributed by atoms with Gasteiger partial charge < -0.3 is 10.6 Å². The van der Waals surface area contributed by atoms with Gasteiger partial charge in [-0.05, 0) is 30.9 Å². The maximum atomic E-state index is 12.3. The fourth-order valence-corrected chi connectivity index (χ4v) is 3.51. The highest BCUT2D eigenvalue weighted by molar-refractivity contribution is 7.89. The zero-order chi connectivity index (χ0) is 14.9. The van der Waals surface area contributed by atoms with E-state index in [1.165, 1.54) is 18.4 Å². The fourth-order valence-electron chi connectivity index (χ4n) is 2.48. The van der Waals surface area contributed by atoms with Crippen LogP contribution >= 0.6 is 0 Å². The minimum atomic E-state index is -3.50. The van der Waals surface area contributed by atoms with Gasteiger partial charge in [-0.15, -0.1) is 0 Å². The molecule has 1 aliphatic rings.